The molecule has 0 heterocycles. The third kappa shape index (κ3) is 3.46. The minimum atomic E-state index is -0.293. The monoisotopic (exact) mass is 246 g/mol. The van der Waals surface area contributed by atoms with Gasteiger partial charge in [0.2, 0.25) is 0 Å². The SMILES string of the molecule is CCC=C(c1ccc(C(=O)OC)cc1)C(C)(C)C. The van der Waals surface area contributed by atoms with Gasteiger partial charge in [-0.1, -0.05) is 45.9 Å². The van der Waals surface area contributed by atoms with E-state index >= 15 is 0 Å². The first-order chi connectivity index (χ1) is 8.40. The van der Waals surface area contributed by atoms with Crippen molar-refractivity contribution in [3.63, 3.8) is 0 Å². The van der Waals surface area contributed by atoms with E-state index in [1.165, 1.54) is 12.7 Å². The van der Waals surface area contributed by atoms with E-state index in [1.54, 1.807) is 0 Å². The van der Waals surface area contributed by atoms with Gasteiger partial charge >= 0.3 is 5.97 Å². The van der Waals surface area contributed by atoms with E-state index in [0.29, 0.717) is 5.56 Å². The van der Waals surface area contributed by atoms with Crippen LogP contribution in [0.15, 0.2) is 30.3 Å². The number of carbonyl (C=O) groups excluding carboxylic acids is 1. The molecule has 0 fully saturated rings. The Morgan fingerprint density at radius 3 is 2.06 bits per heavy atom. The van der Waals surface area contributed by atoms with E-state index in [2.05, 4.69) is 33.8 Å². The van der Waals surface area contributed by atoms with Crippen molar-refractivity contribution in [1.29, 1.82) is 0 Å². The fraction of sp³-hybridized carbons (Fsp3) is 0.438. The summed E-state index contributed by atoms with van der Waals surface area (Å²) in [7, 11) is 1.40. The van der Waals surface area contributed by atoms with Gasteiger partial charge in [0.25, 0.3) is 0 Å². The van der Waals surface area contributed by atoms with Crippen molar-refractivity contribution >= 4 is 11.5 Å². The Balaban J connectivity index is 3.10. The van der Waals surface area contributed by atoms with Crippen molar-refractivity contribution in [3.8, 4) is 0 Å². The summed E-state index contributed by atoms with van der Waals surface area (Å²) in [6.07, 6.45) is 3.25. The lowest BCUT2D eigenvalue weighted by atomic mass is 9.81. The lowest BCUT2D eigenvalue weighted by molar-refractivity contribution is 0.0601. The maximum atomic E-state index is 11.4. The number of hydrogen-bond acceptors (Lipinski definition) is 2. The molecule has 1 aromatic carbocycles. The summed E-state index contributed by atoms with van der Waals surface area (Å²) in [5.74, 6) is -0.293. The van der Waals surface area contributed by atoms with E-state index in [-0.39, 0.29) is 11.4 Å². The van der Waals surface area contributed by atoms with Crippen molar-refractivity contribution < 1.29 is 9.53 Å². The molecule has 0 saturated heterocycles. The lowest BCUT2D eigenvalue weighted by Crippen LogP contribution is -2.09. The first-order valence-corrected chi connectivity index (χ1v) is 6.29. The number of benzene rings is 1. The Bertz CT molecular complexity index is 433. The maximum Gasteiger partial charge on any atom is 0.337 e. The largest absolute Gasteiger partial charge is 0.465 e. The van der Waals surface area contributed by atoms with Gasteiger partial charge in [-0.05, 0) is 35.1 Å². The molecule has 0 aromatic heterocycles. The Hall–Kier alpha value is -1.57. The standard InChI is InChI=1S/C16H22O2/c1-6-7-14(16(2,3)4)12-8-10-13(11-9-12)15(17)18-5/h7-11H,6H2,1-5H3. The van der Waals surface area contributed by atoms with E-state index in [1.807, 2.05) is 24.3 Å². The topological polar surface area (TPSA) is 26.3 Å². The number of rotatable bonds is 3. The summed E-state index contributed by atoms with van der Waals surface area (Å²) < 4.78 is 4.70. The Morgan fingerprint density at radius 2 is 1.67 bits per heavy atom. The fourth-order valence-corrected chi connectivity index (χ4v) is 1.96. The Morgan fingerprint density at radius 1 is 1.17 bits per heavy atom. The van der Waals surface area contributed by atoms with E-state index in [9.17, 15) is 4.79 Å². The van der Waals surface area contributed by atoms with Crippen LogP contribution in [0.4, 0.5) is 0 Å². The zero-order chi connectivity index (χ0) is 13.8. The molecule has 0 radical (unpaired) electrons. The van der Waals surface area contributed by atoms with Crippen molar-refractivity contribution in [1.82, 2.24) is 0 Å². The summed E-state index contributed by atoms with van der Waals surface area (Å²) >= 11 is 0. The van der Waals surface area contributed by atoms with Crippen LogP contribution in [0.3, 0.4) is 0 Å². The second-order valence-electron chi connectivity index (χ2n) is 5.34. The van der Waals surface area contributed by atoms with Gasteiger partial charge in [0, 0.05) is 0 Å². The highest BCUT2D eigenvalue weighted by Crippen LogP contribution is 2.34. The molecule has 1 rings (SSSR count). The summed E-state index contributed by atoms with van der Waals surface area (Å²) in [5, 5.41) is 0. The zero-order valence-electron chi connectivity index (χ0n) is 11.9. The van der Waals surface area contributed by atoms with Gasteiger partial charge < -0.3 is 4.74 Å². The van der Waals surface area contributed by atoms with Gasteiger partial charge in [-0.3, -0.25) is 0 Å². The first-order valence-electron chi connectivity index (χ1n) is 6.29. The summed E-state index contributed by atoms with van der Waals surface area (Å²) in [6, 6.07) is 7.60. The Kier molecular flexibility index (Phi) is 4.71. The molecule has 0 saturated carbocycles. The van der Waals surface area contributed by atoms with Crippen LogP contribution in [0.2, 0.25) is 0 Å². The molecule has 0 unspecified atom stereocenters. The Labute approximate surface area is 110 Å². The number of esters is 1. The normalized spacial score (nSPS) is 12.4. The van der Waals surface area contributed by atoms with Gasteiger partial charge in [0.05, 0.1) is 12.7 Å². The van der Waals surface area contributed by atoms with E-state index in [4.69, 9.17) is 4.74 Å². The number of hydrogen-bond donors (Lipinski definition) is 0. The van der Waals surface area contributed by atoms with Gasteiger partial charge in [-0.2, -0.15) is 0 Å². The molecule has 0 spiro atoms. The lowest BCUT2D eigenvalue weighted by Gasteiger charge is -2.23. The highest BCUT2D eigenvalue weighted by Gasteiger charge is 2.18. The number of carbonyl (C=O) groups is 1. The molecule has 0 amide bonds. The van der Waals surface area contributed by atoms with E-state index < -0.39 is 0 Å². The summed E-state index contributed by atoms with van der Waals surface area (Å²) in [6.45, 7) is 8.72. The molecule has 98 valence electrons. The number of methoxy groups -OCH3 is 1. The molecule has 0 bridgehead atoms. The van der Waals surface area contributed by atoms with Crippen LogP contribution >= 0.6 is 0 Å². The summed E-state index contributed by atoms with van der Waals surface area (Å²) in [5.41, 5.74) is 3.16. The highest BCUT2D eigenvalue weighted by atomic mass is 16.5. The molecule has 0 N–H and O–H groups in total. The average molecular weight is 246 g/mol. The predicted molar refractivity (Wildman–Crippen MR) is 75.5 cm³/mol. The van der Waals surface area contributed by atoms with Crippen LogP contribution in [0.1, 0.15) is 50.0 Å². The molecule has 0 aliphatic rings. The van der Waals surface area contributed by atoms with Gasteiger partial charge in [0.15, 0.2) is 0 Å². The predicted octanol–water partition coefficient (Wildman–Crippen LogP) is 4.31. The smallest absolute Gasteiger partial charge is 0.337 e. The molecule has 18 heavy (non-hydrogen) atoms. The molecule has 0 atom stereocenters. The van der Waals surface area contributed by atoms with Crippen molar-refractivity contribution in [3.05, 3.63) is 41.5 Å². The number of allylic oxidation sites excluding steroid dienone is 2. The van der Waals surface area contributed by atoms with E-state index in [0.717, 1.165) is 12.0 Å². The minimum Gasteiger partial charge on any atom is -0.465 e. The van der Waals surface area contributed by atoms with Crippen LogP contribution in [0, 0.1) is 5.41 Å². The van der Waals surface area contributed by atoms with Crippen LogP contribution < -0.4 is 0 Å². The van der Waals surface area contributed by atoms with Crippen molar-refractivity contribution in [2.45, 2.75) is 34.1 Å². The molecular weight excluding hydrogens is 224 g/mol. The minimum absolute atomic E-state index is 0.1000. The zero-order valence-corrected chi connectivity index (χ0v) is 11.9. The second-order valence-corrected chi connectivity index (χ2v) is 5.34. The second kappa shape index (κ2) is 5.85. The fourth-order valence-electron chi connectivity index (χ4n) is 1.96. The van der Waals surface area contributed by atoms with Gasteiger partial charge in [-0.15, -0.1) is 0 Å². The van der Waals surface area contributed by atoms with Crippen LogP contribution in [-0.4, -0.2) is 13.1 Å². The van der Waals surface area contributed by atoms with Crippen LogP contribution in [0.5, 0.6) is 0 Å². The van der Waals surface area contributed by atoms with Gasteiger partial charge in [0.1, 0.15) is 0 Å². The third-order valence-electron chi connectivity index (χ3n) is 2.83. The molecule has 2 heteroatoms. The quantitative estimate of drug-likeness (QED) is 0.743. The first kappa shape index (κ1) is 14.5. The molecule has 0 aliphatic carbocycles. The van der Waals surface area contributed by atoms with Gasteiger partial charge in [-0.25, -0.2) is 4.79 Å². The molecule has 2 nitrogen and oxygen atoms in total. The number of ether oxygens (including phenoxy) is 1. The van der Waals surface area contributed by atoms with Crippen LogP contribution in [0.25, 0.3) is 5.57 Å². The third-order valence-corrected chi connectivity index (χ3v) is 2.83. The maximum absolute atomic E-state index is 11.4. The highest BCUT2D eigenvalue weighted by molar-refractivity contribution is 5.89. The molecule has 1 aromatic rings. The van der Waals surface area contributed by atoms with Crippen molar-refractivity contribution in [2.75, 3.05) is 7.11 Å². The summed E-state index contributed by atoms with van der Waals surface area (Å²) in [4.78, 5) is 11.4. The molecule has 0 aliphatic heterocycles. The van der Waals surface area contributed by atoms with Crippen LogP contribution in [-0.2, 0) is 4.74 Å². The average Bonchev–Trinajstić information content (AvgIpc) is 2.34. The molecular formula is C16H22O2. The van der Waals surface area contributed by atoms with Crippen molar-refractivity contribution in [2.24, 2.45) is 5.41 Å².